The van der Waals surface area contributed by atoms with Crippen molar-refractivity contribution >= 4 is 6.29 Å². The molecule has 3 heterocycles. The topological polar surface area (TPSA) is 53.4 Å². The van der Waals surface area contributed by atoms with Crippen LogP contribution in [-0.2, 0) is 22.7 Å². The van der Waals surface area contributed by atoms with Crippen molar-refractivity contribution in [3.63, 3.8) is 0 Å². The molecule has 0 spiro atoms. The maximum atomic E-state index is 11.1. The van der Waals surface area contributed by atoms with E-state index in [9.17, 15) is 4.79 Å². The summed E-state index contributed by atoms with van der Waals surface area (Å²) in [5.74, 6) is 0. The molecule has 0 unspecified atom stereocenters. The molecule has 0 amide bonds. The maximum Gasteiger partial charge on any atom is 0.168 e. The Morgan fingerprint density at radius 1 is 1.25 bits per heavy atom. The van der Waals surface area contributed by atoms with Gasteiger partial charge in [-0.05, 0) is 12.8 Å². The van der Waals surface area contributed by atoms with E-state index in [-0.39, 0.29) is 0 Å². The molecule has 0 atom stereocenters. The minimum atomic E-state index is 0.305. The van der Waals surface area contributed by atoms with E-state index in [0.29, 0.717) is 24.9 Å². The largest absolute Gasteiger partial charge is 0.381 e. The Kier molecular flexibility index (Phi) is 2.49. The van der Waals surface area contributed by atoms with E-state index in [0.717, 1.165) is 43.6 Å². The highest BCUT2D eigenvalue weighted by molar-refractivity contribution is 5.75. The second kappa shape index (κ2) is 3.99. The van der Waals surface area contributed by atoms with E-state index in [1.165, 1.54) is 0 Å². The summed E-state index contributed by atoms with van der Waals surface area (Å²) in [6, 6.07) is 0.305. The molecule has 0 radical (unpaired) electrons. The van der Waals surface area contributed by atoms with Crippen molar-refractivity contribution in [3.05, 3.63) is 17.0 Å². The van der Waals surface area contributed by atoms with Crippen molar-refractivity contribution in [1.82, 2.24) is 9.78 Å². The second-order valence-corrected chi connectivity index (χ2v) is 4.21. The fourth-order valence-corrected chi connectivity index (χ4v) is 2.39. The highest BCUT2D eigenvalue weighted by atomic mass is 16.5. The summed E-state index contributed by atoms with van der Waals surface area (Å²) < 4.78 is 12.5. The normalized spacial score (nSPS) is 21.0. The molecule has 1 aromatic heterocycles. The number of aldehydes is 1. The van der Waals surface area contributed by atoms with Gasteiger partial charge in [-0.25, -0.2) is 0 Å². The summed E-state index contributed by atoms with van der Waals surface area (Å²) in [5.41, 5.74) is 2.59. The number of nitrogens with zero attached hydrogens (tertiary/aromatic N) is 2. The van der Waals surface area contributed by atoms with E-state index >= 15 is 0 Å². The fraction of sp³-hybridized carbons (Fsp3) is 0.636. The van der Waals surface area contributed by atoms with Crippen LogP contribution in [0, 0.1) is 0 Å². The van der Waals surface area contributed by atoms with Crippen molar-refractivity contribution in [3.8, 4) is 0 Å². The highest BCUT2D eigenvalue weighted by Gasteiger charge is 2.26. The van der Waals surface area contributed by atoms with Gasteiger partial charge in [0.2, 0.25) is 0 Å². The summed E-state index contributed by atoms with van der Waals surface area (Å²) in [6.07, 6.45) is 2.76. The molecule has 0 bridgehead atoms. The Balaban J connectivity index is 1.96. The summed E-state index contributed by atoms with van der Waals surface area (Å²) >= 11 is 0. The predicted octanol–water partition coefficient (Wildman–Crippen LogP) is 1.08. The molecule has 0 saturated carbocycles. The molecule has 2 aliphatic heterocycles. The number of carbonyl (C=O) groups excluding carboxylic acids is 1. The zero-order chi connectivity index (χ0) is 11.0. The SMILES string of the molecule is O=Cc1c2c(nn1C1CCOCC1)COC2. The Morgan fingerprint density at radius 2 is 2.06 bits per heavy atom. The van der Waals surface area contributed by atoms with Gasteiger partial charge >= 0.3 is 0 Å². The van der Waals surface area contributed by atoms with Gasteiger partial charge < -0.3 is 9.47 Å². The van der Waals surface area contributed by atoms with E-state index < -0.39 is 0 Å². The Morgan fingerprint density at radius 3 is 2.81 bits per heavy atom. The van der Waals surface area contributed by atoms with E-state index in [4.69, 9.17) is 9.47 Å². The maximum absolute atomic E-state index is 11.1. The lowest BCUT2D eigenvalue weighted by atomic mass is 10.1. The van der Waals surface area contributed by atoms with Gasteiger partial charge in [-0.1, -0.05) is 0 Å². The van der Waals surface area contributed by atoms with Crippen LogP contribution in [0.1, 0.15) is 40.6 Å². The third-order valence-electron chi connectivity index (χ3n) is 3.27. The van der Waals surface area contributed by atoms with Gasteiger partial charge in [0.1, 0.15) is 5.69 Å². The number of ether oxygens (including phenoxy) is 2. The van der Waals surface area contributed by atoms with Crippen molar-refractivity contribution in [2.75, 3.05) is 13.2 Å². The molecule has 0 aromatic carbocycles. The molecule has 0 aliphatic carbocycles. The average molecular weight is 222 g/mol. The van der Waals surface area contributed by atoms with Gasteiger partial charge in [0.05, 0.1) is 24.9 Å². The fourth-order valence-electron chi connectivity index (χ4n) is 2.39. The molecule has 2 aliphatic rings. The number of carbonyl (C=O) groups is 1. The zero-order valence-corrected chi connectivity index (χ0v) is 9.02. The average Bonchev–Trinajstić information content (AvgIpc) is 2.89. The van der Waals surface area contributed by atoms with Gasteiger partial charge in [-0.3, -0.25) is 9.48 Å². The molecular weight excluding hydrogens is 208 g/mol. The van der Waals surface area contributed by atoms with Crippen molar-refractivity contribution in [1.29, 1.82) is 0 Å². The van der Waals surface area contributed by atoms with Gasteiger partial charge in [0.25, 0.3) is 0 Å². The van der Waals surface area contributed by atoms with Crippen LogP contribution < -0.4 is 0 Å². The first-order valence-electron chi connectivity index (χ1n) is 5.61. The van der Waals surface area contributed by atoms with Crippen LogP contribution in [0.15, 0.2) is 0 Å². The Labute approximate surface area is 93.3 Å². The van der Waals surface area contributed by atoms with Crippen LogP contribution in [0.4, 0.5) is 0 Å². The molecule has 5 nitrogen and oxygen atoms in total. The quantitative estimate of drug-likeness (QED) is 0.702. The molecular formula is C11H14N2O3. The lowest BCUT2D eigenvalue weighted by Crippen LogP contribution is -2.22. The van der Waals surface area contributed by atoms with Gasteiger partial charge in [0, 0.05) is 18.8 Å². The number of hydrogen-bond acceptors (Lipinski definition) is 4. The number of rotatable bonds is 2. The monoisotopic (exact) mass is 222 g/mol. The number of fused-ring (bicyclic) bond motifs is 1. The molecule has 1 aromatic rings. The summed E-state index contributed by atoms with van der Waals surface area (Å²) in [5, 5.41) is 4.49. The van der Waals surface area contributed by atoms with Gasteiger partial charge in [-0.2, -0.15) is 5.10 Å². The van der Waals surface area contributed by atoms with E-state index in [2.05, 4.69) is 5.10 Å². The lowest BCUT2D eigenvalue weighted by Gasteiger charge is -2.23. The van der Waals surface area contributed by atoms with Crippen LogP contribution in [0.25, 0.3) is 0 Å². The molecule has 0 N–H and O–H groups in total. The number of aromatic nitrogens is 2. The molecule has 86 valence electrons. The van der Waals surface area contributed by atoms with Crippen LogP contribution in [0.5, 0.6) is 0 Å². The Hall–Kier alpha value is -1.20. The number of hydrogen-bond donors (Lipinski definition) is 0. The van der Waals surface area contributed by atoms with Crippen molar-refractivity contribution in [2.24, 2.45) is 0 Å². The first-order valence-corrected chi connectivity index (χ1v) is 5.61. The molecule has 3 rings (SSSR count). The standard InChI is InChI=1S/C11H14N2O3/c14-5-11-9-6-16-7-10(9)12-13(11)8-1-3-15-4-2-8/h5,8H,1-4,6-7H2. The Bertz CT molecular complexity index is 408. The molecule has 5 heteroatoms. The first-order chi connectivity index (χ1) is 7.90. The predicted molar refractivity (Wildman–Crippen MR) is 55.2 cm³/mol. The summed E-state index contributed by atoms with van der Waals surface area (Å²) in [7, 11) is 0. The molecule has 1 fully saturated rings. The minimum Gasteiger partial charge on any atom is -0.381 e. The van der Waals surface area contributed by atoms with E-state index in [1.54, 1.807) is 0 Å². The second-order valence-electron chi connectivity index (χ2n) is 4.21. The highest BCUT2D eigenvalue weighted by Crippen LogP contribution is 2.28. The van der Waals surface area contributed by atoms with E-state index in [1.807, 2.05) is 4.68 Å². The van der Waals surface area contributed by atoms with Crippen LogP contribution in [0.2, 0.25) is 0 Å². The van der Waals surface area contributed by atoms with Gasteiger partial charge in [-0.15, -0.1) is 0 Å². The zero-order valence-electron chi connectivity index (χ0n) is 9.02. The van der Waals surface area contributed by atoms with Crippen LogP contribution in [-0.4, -0.2) is 29.3 Å². The third-order valence-corrected chi connectivity index (χ3v) is 3.27. The first kappa shape index (κ1) is 9.99. The van der Waals surface area contributed by atoms with Crippen molar-refractivity contribution < 1.29 is 14.3 Å². The minimum absolute atomic E-state index is 0.305. The molecule has 16 heavy (non-hydrogen) atoms. The smallest absolute Gasteiger partial charge is 0.168 e. The van der Waals surface area contributed by atoms with Gasteiger partial charge in [0.15, 0.2) is 6.29 Å². The summed E-state index contributed by atoms with van der Waals surface area (Å²) in [6.45, 7) is 2.56. The van der Waals surface area contributed by atoms with Crippen LogP contribution >= 0.6 is 0 Å². The lowest BCUT2D eigenvalue weighted by molar-refractivity contribution is 0.0638. The third kappa shape index (κ3) is 1.47. The van der Waals surface area contributed by atoms with Crippen molar-refractivity contribution in [2.45, 2.75) is 32.1 Å². The summed E-state index contributed by atoms with van der Waals surface area (Å²) in [4.78, 5) is 11.1. The molecule has 1 saturated heterocycles. The van der Waals surface area contributed by atoms with Crippen LogP contribution in [0.3, 0.4) is 0 Å².